The van der Waals surface area contributed by atoms with Gasteiger partial charge in [-0.15, -0.1) is 12.4 Å². The minimum atomic E-state index is -2.59. The normalized spacial score (nSPS) is 12.5. The van der Waals surface area contributed by atoms with Crippen LogP contribution in [0.15, 0.2) is 18.2 Å². The Morgan fingerprint density at radius 1 is 1.24 bits per heavy atom. The summed E-state index contributed by atoms with van der Waals surface area (Å²) in [5.41, 5.74) is 6.80. The van der Waals surface area contributed by atoms with Crippen LogP contribution in [0.2, 0.25) is 0 Å². The van der Waals surface area contributed by atoms with Crippen molar-refractivity contribution in [3.63, 3.8) is 0 Å². The van der Waals surface area contributed by atoms with Gasteiger partial charge in [-0.3, -0.25) is 0 Å². The van der Waals surface area contributed by atoms with Crippen LogP contribution < -0.4 is 10.5 Å². The van der Waals surface area contributed by atoms with Crippen molar-refractivity contribution in [3.8, 4) is 5.75 Å². The van der Waals surface area contributed by atoms with Crippen molar-refractivity contribution in [1.82, 2.24) is 0 Å². The van der Waals surface area contributed by atoms with E-state index in [0.717, 1.165) is 5.56 Å². The first-order chi connectivity index (χ1) is 7.47. The molecular weight excluding hydrogens is 248 g/mol. The van der Waals surface area contributed by atoms with Crippen molar-refractivity contribution < 1.29 is 13.5 Å². The summed E-state index contributed by atoms with van der Waals surface area (Å²) in [7, 11) is 1.45. The molecule has 0 radical (unpaired) electrons. The van der Waals surface area contributed by atoms with Crippen LogP contribution in [-0.2, 0) is 0 Å². The Hall–Kier alpha value is -0.870. The second-order valence-corrected chi connectivity index (χ2v) is 4.02. The van der Waals surface area contributed by atoms with E-state index in [1.807, 2.05) is 19.9 Å². The molecule has 2 N–H and O–H groups in total. The highest BCUT2D eigenvalue weighted by Crippen LogP contribution is 2.30. The fourth-order valence-electron chi connectivity index (χ4n) is 1.51. The van der Waals surface area contributed by atoms with Crippen molar-refractivity contribution in [1.29, 1.82) is 0 Å². The van der Waals surface area contributed by atoms with Crippen LogP contribution in [-0.4, -0.2) is 13.5 Å². The zero-order valence-electron chi connectivity index (χ0n) is 10.1. The number of benzene rings is 1. The predicted octanol–water partition coefficient (Wildman–Crippen LogP) is 3.51. The summed E-state index contributed by atoms with van der Waals surface area (Å²) in [6, 6.07) is 3.95. The molecular formula is C12H18ClF2NO. The van der Waals surface area contributed by atoms with Gasteiger partial charge in [0.15, 0.2) is 0 Å². The Labute approximate surface area is 107 Å². The lowest BCUT2D eigenvalue weighted by Crippen LogP contribution is -2.20. The quantitative estimate of drug-likeness (QED) is 0.904. The monoisotopic (exact) mass is 265 g/mol. The summed E-state index contributed by atoms with van der Waals surface area (Å²) in [5.74, 6) is 0.687. The van der Waals surface area contributed by atoms with E-state index in [9.17, 15) is 8.78 Å². The first-order valence-electron chi connectivity index (χ1n) is 5.19. The fourth-order valence-corrected chi connectivity index (χ4v) is 1.51. The van der Waals surface area contributed by atoms with Gasteiger partial charge in [-0.25, -0.2) is 8.78 Å². The molecule has 1 aromatic carbocycles. The zero-order chi connectivity index (χ0) is 12.3. The second-order valence-electron chi connectivity index (χ2n) is 4.02. The molecule has 0 heterocycles. The lowest BCUT2D eigenvalue weighted by atomic mass is 9.97. The molecule has 0 aromatic heterocycles. The number of nitrogens with two attached hydrogens (primary N) is 1. The van der Waals surface area contributed by atoms with Gasteiger partial charge in [0, 0.05) is 5.56 Å². The largest absolute Gasteiger partial charge is 0.496 e. The highest BCUT2D eigenvalue weighted by Gasteiger charge is 2.21. The Balaban J connectivity index is 0.00000256. The molecule has 1 atom stereocenters. The molecule has 0 fully saturated rings. The molecule has 0 bridgehead atoms. The molecule has 0 spiro atoms. The summed E-state index contributed by atoms with van der Waals surface area (Å²) in [6.07, 6.45) is -2.59. The van der Waals surface area contributed by atoms with Crippen LogP contribution in [0.4, 0.5) is 8.78 Å². The van der Waals surface area contributed by atoms with E-state index in [2.05, 4.69) is 0 Å². The van der Waals surface area contributed by atoms with Gasteiger partial charge in [-0.1, -0.05) is 26.0 Å². The van der Waals surface area contributed by atoms with Crippen LogP contribution in [0.3, 0.4) is 0 Å². The summed E-state index contributed by atoms with van der Waals surface area (Å²) < 4.78 is 30.2. The van der Waals surface area contributed by atoms with Crippen LogP contribution >= 0.6 is 12.4 Å². The van der Waals surface area contributed by atoms with Gasteiger partial charge in [0.1, 0.15) is 5.75 Å². The third-order valence-electron chi connectivity index (χ3n) is 2.55. The van der Waals surface area contributed by atoms with Gasteiger partial charge in [0.05, 0.1) is 13.2 Å². The number of hydrogen-bond donors (Lipinski definition) is 1. The van der Waals surface area contributed by atoms with Crippen molar-refractivity contribution in [3.05, 3.63) is 29.3 Å². The van der Waals surface area contributed by atoms with E-state index in [1.165, 1.54) is 7.11 Å². The topological polar surface area (TPSA) is 35.2 Å². The maximum atomic E-state index is 12.6. The van der Waals surface area contributed by atoms with Crippen molar-refractivity contribution in [2.75, 3.05) is 7.11 Å². The van der Waals surface area contributed by atoms with E-state index >= 15 is 0 Å². The molecule has 1 aromatic rings. The fraction of sp³-hybridized carbons (Fsp3) is 0.500. The van der Waals surface area contributed by atoms with Gasteiger partial charge in [0.25, 0.3) is 6.43 Å². The standard InChI is InChI=1S/C12H17F2NO.ClH/c1-7(2)8-4-5-10(16-3)9(6-8)11(15)12(13)14;/h4-7,11-12H,15H2,1-3H3;1H/t11-;/m0./s1. The summed E-state index contributed by atoms with van der Waals surface area (Å²) in [4.78, 5) is 0. The van der Waals surface area contributed by atoms with E-state index < -0.39 is 12.5 Å². The third kappa shape index (κ3) is 3.82. The molecule has 0 aliphatic carbocycles. The highest BCUT2D eigenvalue weighted by atomic mass is 35.5. The van der Waals surface area contributed by atoms with E-state index in [0.29, 0.717) is 11.3 Å². The highest BCUT2D eigenvalue weighted by molar-refractivity contribution is 5.85. The minimum absolute atomic E-state index is 0. The number of methoxy groups -OCH3 is 1. The summed E-state index contributed by atoms with van der Waals surface area (Å²) >= 11 is 0. The Kier molecular flexibility index (Phi) is 6.42. The van der Waals surface area contributed by atoms with Crippen molar-refractivity contribution >= 4 is 12.4 Å². The van der Waals surface area contributed by atoms with E-state index in [-0.39, 0.29) is 18.3 Å². The minimum Gasteiger partial charge on any atom is -0.496 e. The van der Waals surface area contributed by atoms with Crippen molar-refractivity contribution in [2.45, 2.75) is 32.2 Å². The predicted molar refractivity (Wildman–Crippen MR) is 67.3 cm³/mol. The second kappa shape index (κ2) is 6.77. The van der Waals surface area contributed by atoms with E-state index in [4.69, 9.17) is 10.5 Å². The molecule has 0 amide bonds. The lowest BCUT2D eigenvalue weighted by molar-refractivity contribution is 0.115. The van der Waals surface area contributed by atoms with Crippen molar-refractivity contribution in [2.24, 2.45) is 5.73 Å². The number of halogens is 3. The molecule has 0 aliphatic rings. The molecule has 0 saturated heterocycles. The number of ether oxygens (including phenoxy) is 1. The summed E-state index contributed by atoms with van der Waals surface area (Å²) in [5, 5.41) is 0. The Morgan fingerprint density at radius 3 is 2.24 bits per heavy atom. The van der Waals surface area contributed by atoms with Crippen LogP contribution in [0, 0.1) is 0 Å². The van der Waals surface area contributed by atoms with Gasteiger partial charge in [-0.05, 0) is 17.5 Å². The zero-order valence-corrected chi connectivity index (χ0v) is 10.9. The number of hydrogen-bond acceptors (Lipinski definition) is 2. The average molecular weight is 266 g/mol. The molecule has 2 nitrogen and oxygen atoms in total. The molecule has 0 unspecified atom stereocenters. The van der Waals surface area contributed by atoms with Gasteiger partial charge in [-0.2, -0.15) is 0 Å². The maximum Gasteiger partial charge on any atom is 0.257 e. The van der Waals surface area contributed by atoms with Crippen LogP contribution in [0.5, 0.6) is 5.75 Å². The molecule has 17 heavy (non-hydrogen) atoms. The van der Waals surface area contributed by atoms with Crippen LogP contribution in [0.1, 0.15) is 36.9 Å². The lowest BCUT2D eigenvalue weighted by Gasteiger charge is -2.17. The first-order valence-corrected chi connectivity index (χ1v) is 5.19. The maximum absolute atomic E-state index is 12.6. The van der Waals surface area contributed by atoms with Crippen LogP contribution in [0.25, 0.3) is 0 Å². The smallest absolute Gasteiger partial charge is 0.257 e. The molecule has 1 rings (SSSR count). The van der Waals surface area contributed by atoms with Gasteiger partial charge < -0.3 is 10.5 Å². The molecule has 98 valence electrons. The third-order valence-corrected chi connectivity index (χ3v) is 2.55. The van der Waals surface area contributed by atoms with Gasteiger partial charge in [0.2, 0.25) is 0 Å². The number of alkyl halides is 2. The molecule has 0 saturated carbocycles. The first kappa shape index (κ1) is 16.1. The SMILES string of the molecule is COc1ccc(C(C)C)cc1[C@H](N)C(F)F.Cl. The molecule has 5 heteroatoms. The molecule has 0 aliphatic heterocycles. The average Bonchev–Trinajstić information content (AvgIpc) is 2.26. The Morgan fingerprint density at radius 2 is 1.82 bits per heavy atom. The van der Waals surface area contributed by atoms with E-state index in [1.54, 1.807) is 12.1 Å². The van der Waals surface area contributed by atoms with Gasteiger partial charge >= 0.3 is 0 Å². The number of rotatable bonds is 4. The summed E-state index contributed by atoms with van der Waals surface area (Å²) in [6.45, 7) is 4.00. The Bertz CT molecular complexity index is 358.